The summed E-state index contributed by atoms with van der Waals surface area (Å²) in [4.78, 5) is 26.1. The Morgan fingerprint density at radius 3 is 2.86 bits per heavy atom. The molecule has 0 bridgehead atoms. The average Bonchev–Trinajstić information content (AvgIpc) is 3.20. The molecule has 1 aromatic heterocycles. The van der Waals surface area contributed by atoms with E-state index in [1.165, 1.54) is 0 Å². The third-order valence-corrected chi connectivity index (χ3v) is 3.88. The van der Waals surface area contributed by atoms with Crippen LogP contribution in [0, 0.1) is 0 Å². The molecule has 0 unspecified atom stereocenters. The fraction of sp³-hybridized carbons (Fsp3) is 0.294. The van der Waals surface area contributed by atoms with Gasteiger partial charge in [0.15, 0.2) is 0 Å². The van der Waals surface area contributed by atoms with E-state index in [2.05, 4.69) is 5.32 Å². The SMILES string of the molecule is CCC(=O)N1CCc2c(C(=O)NCc3ccco3)cccc21. The first-order valence-corrected chi connectivity index (χ1v) is 7.43. The number of carbonyl (C=O) groups is 2. The van der Waals surface area contributed by atoms with Crippen molar-refractivity contribution in [3.05, 3.63) is 53.5 Å². The van der Waals surface area contributed by atoms with E-state index < -0.39 is 0 Å². The minimum Gasteiger partial charge on any atom is -0.467 e. The Labute approximate surface area is 128 Å². The monoisotopic (exact) mass is 298 g/mol. The van der Waals surface area contributed by atoms with Gasteiger partial charge in [-0.2, -0.15) is 0 Å². The minimum absolute atomic E-state index is 0.0897. The average molecular weight is 298 g/mol. The summed E-state index contributed by atoms with van der Waals surface area (Å²) >= 11 is 0. The summed E-state index contributed by atoms with van der Waals surface area (Å²) in [5, 5.41) is 2.85. The lowest BCUT2D eigenvalue weighted by molar-refractivity contribution is -0.118. The molecule has 114 valence electrons. The quantitative estimate of drug-likeness (QED) is 0.943. The maximum Gasteiger partial charge on any atom is 0.252 e. The standard InChI is InChI=1S/C17H18N2O3/c1-2-16(20)19-9-8-13-14(6-3-7-15(13)19)17(21)18-11-12-5-4-10-22-12/h3-7,10H,2,8-9,11H2,1H3,(H,18,21). The van der Waals surface area contributed by atoms with Crippen LogP contribution in [0.1, 0.15) is 35.0 Å². The summed E-state index contributed by atoms with van der Waals surface area (Å²) in [5.74, 6) is 0.662. The molecule has 2 aromatic rings. The van der Waals surface area contributed by atoms with Crippen molar-refractivity contribution in [2.45, 2.75) is 26.3 Å². The predicted molar refractivity (Wildman–Crippen MR) is 82.7 cm³/mol. The van der Waals surface area contributed by atoms with Gasteiger partial charge in [-0.25, -0.2) is 0 Å². The van der Waals surface area contributed by atoms with Crippen LogP contribution < -0.4 is 10.2 Å². The maximum atomic E-state index is 12.4. The topological polar surface area (TPSA) is 62.6 Å². The molecule has 22 heavy (non-hydrogen) atoms. The van der Waals surface area contributed by atoms with Gasteiger partial charge in [0.05, 0.1) is 12.8 Å². The number of carbonyl (C=O) groups excluding carboxylic acids is 2. The zero-order valence-electron chi connectivity index (χ0n) is 12.5. The van der Waals surface area contributed by atoms with Crippen molar-refractivity contribution in [3.63, 3.8) is 0 Å². The van der Waals surface area contributed by atoms with Gasteiger partial charge in [0.1, 0.15) is 5.76 Å². The molecule has 1 aliphatic heterocycles. The molecule has 5 nitrogen and oxygen atoms in total. The van der Waals surface area contributed by atoms with E-state index in [1.807, 2.05) is 25.1 Å². The van der Waals surface area contributed by atoms with Crippen LogP contribution in [0.4, 0.5) is 5.69 Å². The summed E-state index contributed by atoms with van der Waals surface area (Å²) in [6.07, 6.45) is 2.76. The fourth-order valence-electron chi connectivity index (χ4n) is 2.77. The Balaban J connectivity index is 1.79. The molecule has 0 saturated carbocycles. The Morgan fingerprint density at radius 1 is 1.27 bits per heavy atom. The number of rotatable bonds is 4. The molecule has 0 spiro atoms. The van der Waals surface area contributed by atoms with Crippen LogP contribution in [-0.2, 0) is 17.8 Å². The molecule has 2 heterocycles. The number of furan rings is 1. The van der Waals surface area contributed by atoms with Gasteiger partial charge in [0.2, 0.25) is 5.91 Å². The van der Waals surface area contributed by atoms with Crippen molar-refractivity contribution < 1.29 is 14.0 Å². The van der Waals surface area contributed by atoms with Gasteiger partial charge in [-0.1, -0.05) is 13.0 Å². The molecule has 0 atom stereocenters. The van der Waals surface area contributed by atoms with E-state index in [-0.39, 0.29) is 11.8 Å². The van der Waals surface area contributed by atoms with E-state index in [0.29, 0.717) is 37.3 Å². The minimum atomic E-state index is -0.140. The Bertz CT molecular complexity index is 692. The lowest BCUT2D eigenvalue weighted by Crippen LogP contribution is -2.27. The van der Waals surface area contributed by atoms with E-state index in [9.17, 15) is 9.59 Å². The fourth-order valence-corrected chi connectivity index (χ4v) is 2.77. The van der Waals surface area contributed by atoms with Crippen LogP contribution >= 0.6 is 0 Å². The largest absolute Gasteiger partial charge is 0.467 e. The van der Waals surface area contributed by atoms with Crippen LogP contribution in [0.2, 0.25) is 0 Å². The number of nitrogens with one attached hydrogen (secondary N) is 1. The molecule has 3 rings (SSSR count). The van der Waals surface area contributed by atoms with Gasteiger partial charge in [-0.3, -0.25) is 9.59 Å². The first-order valence-electron chi connectivity index (χ1n) is 7.43. The van der Waals surface area contributed by atoms with Crippen molar-refractivity contribution in [2.75, 3.05) is 11.4 Å². The van der Waals surface area contributed by atoms with E-state index >= 15 is 0 Å². The van der Waals surface area contributed by atoms with Crippen LogP contribution in [0.25, 0.3) is 0 Å². The van der Waals surface area contributed by atoms with Gasteiger partial charge in [0, 0.05) is 24.2 Å². The Morgan fingerprint density at radius 2 is 2.14 bits per heavy atom. The summed E-state index contributed by atoms with van der Waals surface area (Å²) in [6, 6.07) is 9.13. The third-order valence-electron chi connectivity index (χ3n) is 3.88. The van der Waals surface area contributed by atoms with Crippen LogP contribution in [0.3, 0.4) is 0 Å². The molecular weight excluding hydrogens is 280 g/mol. The number of benzene rings is 1. The molecule has 0 radical (unpaired) electrons. The zero-order valence-corrected chi connectivity index (χ0v) is 12.5. The van der Waals surface area contributed by atoms with Crippen molar-refractivity contribution in [1.82, 2.24) is 5.32 Å². The van der Waals surface area contributed by atoms with Crippen molar-refractivity contribution in [3.8, 4) is 0 Å². The first-order chi connectivity index (χ1) is 10.7. The van der Waals surface area contributed by atoms with Crippen LogP contribution in [-0.4, -0.2) is 18.4 Å². The number of nitrogens with zero attached hydrogens (tertiary/aromatic N) is 1. The second-order valence-corrected chi connectivity index (χ2v) is 5.21. The summed E-state index contributed by atoms with van der Waals surface area (Å²) in [7, 11) is 0. The van der Waals surface area contributed by atoms with Gasteiger partial charge in [0.25, 0.3) is 5.91 Å². The molecule has 1 aliphatic rings. The van der Waals surface area contributed by atoms with Gasteiger partial charge in [-0.05, 0) is 36.2 Å². The molecule has 1 aromatic carbocycles. The summed E-state index contributed by atoms with van der Waals surface area (Å²) in [5.41, 5.74) is 2.44. The predicted octanol–water partition coefficient (Wildman–Crippen LogP) is 2.51. The van der Waals surface area contributed by atoms with Crippen molar-refractivity contribution in [1.29, 1.82) is 0 Å². The smallest absolute Gasteiger partial charge is 0.252 e. The van der Waals surface area contributed by atoms with Gasteiger partial charge >= 0.3 is 0 Å². The highest BCUT2D eigenvalue weighted by atomic mass is 16.3. The highest BCUT2D eigenvalue weighted by molar-refractivity contribution is 6.01. The molecule has 1 N–H and O–H groups in total. The van der Waals surface area contributed by atoms with Crippen LogP contribution in [0.5, 0.6) is 0 Å². The second kappa shape index (κ2) is 6.05. The first kappa shape index (κ1) is 14.4. The highest BCUT2D eigenvalue weighted by Gasteiger charge is 2.27. The molecular formula is C17H18N2O3. The van der Waals surface area contributed by atoms with Crippen molar-refractivity contribution >= 4 is 17.5 Å². The highest BCUT2D eigenvalue weighted by Crippen LogP contribution is 2.31. The van der Waals surface area contributed by atoms with E-state index in [0.717, 1.165) is 11.3 Å². The number of hydrogen-bond acceptors (Lipinski definition) is 3. The number of anilines is 1. The van der Waals surface area contributed by atoms with E-state index in [4.69, 9.17) is 4.42 Å². The van der Waals surface area contributed by atoms with Crippen LogP contribution in [0.15, 0.2) is 41.0 Å². The van der Waals surface area contributed by atoms with Gasteiger partial charge < -0.3 is 14.6 Å². The second-order valence-electron chi connectivity index (χ2n) is 5.21. The summed E-state index contributed by atoms with van der Waals surface area (Å²) < 4.78 is 5.21. The third kappa shape index (κ3) is 2.62. The molecule has 0 saturated heterocycles. The number of fused-ring (bicyclic) bond motifs is 1. The zero-order chi connectivity index (χ0) is 15.5. The van der Waals surface area contributed by atoms with E-state index in [1.54, 1.807) is 23.3 Å². The molecule has 0 aliphatic carbocycles. The Kier molecular flexibility index (Phi) is 3.96. The molecule has 0 fully saturated rings. The normalized spacial score (nSPS) is 13.0. The maximum absolute atomic E-state index is 12.4. The number of hydrogen-bond donors (Lipinski definition) is 1. The summed E-state index contributed by atoms with van der Waals surface area (Å²) in [6.45, 7) is 2.85. The Hall–Kier alpha value is -2.56. The molecule has 5 heteroatoms. The lowest BCUT2D eigenvalue weighted by atomic mass is 10.0. The number of amides is 2. The van der Waals surface area contributed by atoms with Crippen molar-refractivity contribution in [2.24, 2.45) is 0 Å². The lowest BCUT2D eigenvalue weighted by Gasteiger charge is -2.16. The van der Waals surface area contributed by atoms with Gasteiger partial charge in [-0.15, -0.1) is 0 Å². The molecule has 2 amide bonds.